The van der Waals surface area contributed by atoms with E-state index in [0.29, 0.717) is 18.0 Å². The third kappa shape index (κ3) is 2.87. The fraction of sp³-hybridized carbons (Fsp3) is 0.562. The lowest BCUT2D eigenvalue weighted by Crippen LogP contribution is -2.56. The number of fused-ring (bicyclic) bond motifs is 1. The van der Waals surface area contributed by atoms with Crippen LogP contribution in [0.15, 0.2) is 24.3 Å². The maximum atomic E-state index is 4.78. The number of aromatic nitrogens is 1. The second-order valence-electron chi connectivity index (χ2n) is 6.13. The number of hydrogen-bond donors (Lipinski definition) is 1. The predicted octanol–water partition coefficient (Wildman–Crippen LogP) is 3.11. The number of hydrogen-bond acceptors (Lipinski definition) is 4. The molecular formula is C16H23N3S. The summed E-state index contributed by atoms with van der Waals surface area (Å²) in [5, 5.41) is 4.84. The molecule has 1 aliphatic rings. The summed E-state index contributed by atoms with van der Waals surface area (Å²) in [6.45, 7) is 10.1. The Morgan fingerprint density at radius 2 is 2.20 bits per heavy atom. The van der Waals surface area contributed by atoms with Crippen LogP contribution in [0.25, 0.3) is 10.2 Å². The molecule has 2 unspecified atom stereocenters. The third-order valence-electron chi connectivity index (χ3n) is 4.10. The maximum Gasteiger partial charge on any atom is 0.108 e. The predicted molar refractivity (Wildman–Crippen MR) is 86.1 cm³/mol. The monoisotopic (exact) mass is 289 g/mol. The lowest BCUT2D eigenvalue weighted by atomic mass is 9.99. The number of thiazole rings is 1. The first-order valence-corrected chi connectivity index (χ1v) is 8.27. The van der Waals surface area contributed by atoms with Gasteiger partial charge in [0.15, 0.2) is 0 Å². The summed E-state index contributed by atoms with van der Waals surface area (Å²) in [7, 11) is 0. The summed E-state index contributed by atoms with van der Waals surface area (Å²) >= 11 is 1.83. The van der Waals surface area contributed by atoms with Crippen molar-refractivity contribution in [1.82, 2.24) is 15.2 Å². The highest BCUT2D eigenvalue weighted by Gasteiger charge is 2.28. The van der Waals surface area contributed by atoms with E-state index in [-0.39, 0.29) is 0 Å². The molecule has 108 valence electrons. The van der Waals surface area contributed by atoms with Gasteiger partial charge >= 0.3 is 0 Å². The Morgan fingerprint density at radius 3 is 2.95 bits per heavy atom. The molecule has 0 amide bonds. The highest BCUT2D eigenvalue weighted by Crippen LogP contribution is 2.25. The van der Waals surface area contributed by atoms with Gasteiger partial charge in [-0.1, -0.05) is 26.0 Å². The number of nitrogens with one attached hydrogen (secondary N) is 1. The molecule has 0 aliphatic carbocycles. The van der Waals surface area contributed by atoms with Gasteiger partial charge in [-0.05, 0) is 25.0 Å². The second-order valence-corrected chi connectivity index (χ2v) is 7.24. The van der Waals surface area contributed by atoms with Crippen molar-refractivity contribution in [2.24, 2.45) is 5.92 Å². The van der Waals surface area contributed by atoms with Gasteiger partial charge in [0.2, 0.25) is 0 Å². The average Bonchev–Trinajstić information content (AvgIpc) is 2.80. The van der Waals surface area contributed by atoms with Crippen LogP contribution in [-0.2, 0) is 6.54 Å². The minimum Gasteiger partial charge on any atom is -0.311 e. The van der Waals surface area contributed by atoms with E-state index < -0.39 is 0 Å². The smallest absolute Gasteiger partial charge is 0.108 e. The molecule has 2 heterocycles. The lowest BCUT2D eigenvalue weighted by Gasteiger charge is -2.41. The minimum atomic E-state index is 0.569. The fourth-order valence-electron chi connectivity index (χ4n) is 3.00. The summed E-state index contributed by atoms with van der Waals surface area (Å²) in [6.07, 6.45) is 0. The Hall–Kier alpha value is -0.970. The minimum absolute atomic E-state index is 0.569. The molecule has 0 bridgehead atoms. The Morgan fingerprint density at radius 1 is 1.40 bits per heavy atom. The third-order valence-corrected chi connectivity index (χ3v) is 5.12. The van der Waals surface area contributed by atoms with Crippen LogP contribution in [0.5, 0.6) is 0 Å². The highest BCUT2D eigenvalue weighted by molar-refractivity contribution is 7.18. The van der Waals surface area contributed by atoms with Gasteiger partial charge < -0.3 is 5.32 Å². The van der Waals surface area contributed by atoms with E-state index in [1.165, 1.54) is 9.71 Å². The fourth-order valence-corrected chi connectivity index (χ4v) is 4.00. The Balaban J connectivity index is 1.80. The molecule has 1 saturated heterocycles. The van der Waals surface area contributed by atoms with Gasteiger partial charge in [-0.2, -0.15) is 0 Å². The van der Waals surface area contributed by atoms with Gasteiger partial charge in [0, 0.05) is 25.2 Å². The molecule has 0 saturated carbocycles. The van der Waals surface area contributed by atoms with Gasteiger partial charge in [0.1, 0.15) is 5.01 Å². The SMILES string of the molecule is CC1CN(Cc2nc3ccccc3s2)C(C(C)C)CN1. The van der Waals surface area contributed by atoms with E-state index in [4.69, 9.17) is 4.98 Å². The number of benzene rings is 1. The summed E-state index contributed by atoms with van der Waals surface area (Å²) in [5.41, 5.74) is 1.14. The van der Waals surface area contributed by atoms with Gasteiger partial charge in [-0.15, -0.1) is 11.3 Å². The molecule has 1 aromatic carbocycles. The molecule has 1 aromatic heterocycles. The van der Waals surface area contributed by atoms with Crippen molar-refractivity contribution in [2.75, 3.05) is 13.1 Å². The van der Waals surface area contributed by atoms with Gasteiger partial charge in [-0.25, -0.2) is 4.98 Å². The molecule has 20 heavy (non-hydrogen) atoms. The summed E-state index contributed by atoms with van der Waals surface area (Å²) in [5.74, 6) is 0.671. The van der Waals surface area contributed by atoms with Crippen LogP contribution >= 0.6 is 11.3 Å². The van der Waals surface area contributed by atoms with Crippen molar-refractivity contribution in [3.05, 3.63) is 29.3 Å². The Bertz CT molecular complexity index is 545. The Labute approximate surface area is 125 Å². The number of rotatable bonds is 3. The molecule has 1 fully saturated rings. The molecule has 1 aliphatic heterocycles. The molecule has 3 nitrogen and oxygen atoms in total. The van der Waals surface area contributed by atoms with E-state index in [0.717, 1.165) is 25.2 Å². The first kappa shape index (κ1) is 14.0. The topological polar surface area (TPSA) is 28.2 Å². The van der Waals surface area contributed by atoms with Crippen molar-refractivity contribution in [1.29, 1.82) is 0 Å². The van der Waals surface area contributed by atoms with Crippen LogP contribution in [0.1, 0.15) is 25.8 Å². The molecule has 4 heteroatoms. The Kier molecular flexibility index (Phi) is 4.06. The van der Waals surface area contributed by atoms with E-state index in [2.05, 4.69) is 55.3 Å². The zero-order valence-electron chi connectivity index (χ0n) is 12.5. The first-order chi connectivity index (χ1) is 9.63. The summed E-state index contributed by atoms with van der Waals surface area (Å²) < 4.78 is 1.30. The van der Waals surface area contributed by atoms with Gasteiger partial charge in [0.25, 0.3) is 0 Å². The van der Waals surface area contributed by atoms with E-state index >= 15 is 0 Å². The van der Waals surface area contributed by atoms with Crippen molar-refractivity contribution in [3.8, 4) is 0 Å². The van der Waals surface area contributed by atoms with Gasteiger partial charge in [-0.3, -0.25) is 4.90 Å². The average molecular weight is 289 g/mol. The van der Waals surface area contributed by atoms with Crippen molar-refractivity contribution < 1.29 is 0 Å². The first-order valence-electron chi connectivity index (χ1n) is 7.45. The van der Waals surface area contributed by atoms with Crippen LogP contribution in [0.3, 0.4) is 0 Å². The molecule has 3 rings (SSSR count). The summed E-state index contributed by atoms with van der Waals surface area (Å²) in [4.78, 5) is 7.38. The molecular weight excluding hydrogens is 266 g/mol. The summed E-state index contributed by atoms with van der Waals surface area (Å²) in [6, 6.07) is 9.61. The van der Waals surface area contributed by atoms with E-state index in [1.807, 2.05) is 11.3 Å². The second kappa shape index (κ2) is 5.80. The van der Waals surface area contributed by atoms with Crippen LogP contribution in [0.2, 0.25) is 0 Å². The number of para-hydroxylation sites is 1. The van der Waals surface area contributed by atoms with Crippen LogP contribution in [0, 0.1) is 5.92 Å². The molecule has 2 atom stereocenters. The molecule has 0 spiro atoms. The van der Waals surface area contributed by atoms with Crippen LogP contribution in [0.4, 0.5) is 0 Å². The number of nitrogens with zero attached hydrogens (tertiary/aromatic N) is 2. The normalized spacial score (nSPS) is 24.6. The van der Waals surface area contributed by atoms with Crippen LogP contribution < -0.4 is 5.32 Å². The number of piperazine rings is 1. The highest BCUT2D eigenvalue weighted by atomic mass is 32.1. The molecule has 0 radical (unpaired) electrons. The molecule has 2 aromatic rings. The lowest BCUT2D eigenvalue weighted by molar-refractivity contribution is 0.0956. The quantitative estimate of drug-likeness (QED) is 0.941. The van der Waals surface area contributed by atoms with Crippen molar-refractivity contribution >= 4 is 21.6 Å². The van der Waals surface area contributed by atoms with Crippen molar-refractivity contribution in [3.63, 3.8) is 0 Å². The standard InChI is InChI=1S/C16H23N3S/c1-11(2)14-8-17-12(3)9-19(14)10-16-18-13-6-4-5-7-15(13)20-16/h4-7,11-12,14,17H,8-10H2,1-3H3. The maximum absolute atomic E-state index is 4.78. The van der Waals surface area contributed by atoms with E-state index in [1.54, 1.807) is 0 Å². The zero-order valence-corrected chi connectivity index (χ0v) is 13.3. The largest absolute Gasteiger partial charge is 0.311 e. The van der Waals surface area contributed by atoms with Crippen LogP contribution in [-0.4, -0.2) is 35.1 Å². The molecule has 1 N–H and O–H groups in total. The zero-order chi connectivity index (χ0) is 14.1. The van der Waals surface area contributed by atoms with Gasteiger partial charge in [0.05, 0.1) is 16.8 Å². The van der Waals surface area contributed by atoms with Crippen molar-refractivity contribution in [2.45, 2.75) is 39.4 Å². The van der Waals surface area contributed by atoms with E-state index in [9.17, 15) is 0 Å².